The number of anilines is 1. The van der Waals surface area contributed by atoms with Gasteiger partial charge in [0.05, 0.1) is 17.9 Å². The van der Waals surface area contributed by atoms with E-state index in [1.54, 1.807) is 13.1 Å². The summed E-state index contributed by atoms with van der Waals surface area (Å²) in [5.41, 5.74) is 3.42. The quantitative estimate of drug-likeness (QED) is 0.612. The van der Waals surface area contributed by atoms with Crippen molar-refractivity contribution >= 4 is 23.2 Å². The Balaban J connectivity index is 1.79. The molecule has 2 atom stereocenters. The molecule has 1 unspecified atom stereocenters. The summed E-state index contributed by atoms with van der Waals surface area (Å²) >= 11 is 6.20. The van der Waals surface area contributed by atoms with Crippen molar-refractivity contribution in [3.8, 4) is 0 Å². The third kappa shape index (κ3) is 3.77. The average molecular weight is 459 g/mol. The van der Waals surface area contributed by atoms with Crippen molar-refractivity contribution in [3.63, 3.8) is 0 Å². The molecule has 8 nitrogen and oxygen atoms in total. The van der Waals surface area contributed by atoms with E-state index in [-0.39, 0.29) is 17.0 Å². The number of nitrogens with zero attached hydrogens (tertiary/aromatic N) is 4. The second-order valence-corrected chi connectivity index (χ2v) is 8.17. The number of benzene rings is 1. The molecule has 3 heterocycles. The Labute approximate surface area is 189 Å². The minimum Gasteiger partial charge on any atom is -0.364 e. The van der Waals surface area contributed by atoms with Gasteiger partial charge in [-0.3, -0.25) is 14.3 Å². The van der Waals surface area contributed by atoms with Crippen LogP contribution in [0.4, 0.5) is 10.1 Å². The summed E-state index contributed by atoms with van der Waals surface area (Å²) in [6.45, 7) is 4.37. The number of carbonyl (C=O) groups excluding carboxylic acids is 1. The zero-order valence-electron chi connectivity index (χ0n) is 18.0. The zero-order valence-corrected chi connectivity index (χ0v) is 18.8. The number of amides is 1. The number of alkyl halides is 1. The van der Waals surface area contributed by atoms with Gasteiger partial charge in [-0.1, -0.05) is 35.9 Å². The summed E-state index contributed by atoms with van der Waals surface area (Å²) in [7, 11) is 1.55. The fourth-order valence-corrected chi connectivity index (χ4v) is 4.46. The molecule has 0 bridgehead atoms. The molecular formula is C22H24ClFN6O2. The summed E-state index contributed by atoms with van der Waals surface area (Å²) in [5, 5.41) is 13.5. The molecule has 168 valence electrons. The van der Waals surface area contributed by atoms with Crippen LogP contribution in [0.1, 0.15) is 58.9 Å². The lowest BCUT2D eigenvalue weighted by atomic mass is 9.97. The molecule has 32 heavy (non-hydrogen) atoms. The minimum atomic E-state index is -1.13. The predicted octanol–water partition coefficient (Wildman–Crippen LogP) is 3.18. The average Bonchev–Trinajstić information content (AvgIpc) is 3.18. The minimum absolute atomic E-state index is 0.0524. The van der Waals surface area contributed by atoms with Crippen molar-refractivity contribution in [2.45, 2.75) is 39.0 Å². The van der Waals surface area contributed by atoms with E-state index >= 15 is 0 Å². The van der Waals surface area contributed by atoms with Crippen LogP contribution in [-0.4, -0.2) is 39.5 Å². The summed E-state index contributed by atoms with van der Waals surface area (Å²) < 4.78 is 16.1. The Morgan fingerprint density at radius 1 is 1.28 bits per heavy atom. The van der Waals surface area contributed by atoms with E-state index in [1.165, 1.54) is 13.1 Å². The third-order valence-corrected chi connectivity index (χ3v) is 6.25. The predicted molar refractivity (Wildman–Crippen MR) is 120 cm³/mol. The smallest absolute Gasteiger partial charge is 0.285 e. The van der Waals surface area contributed by atoms with Crippen molar-refractivity contribution in [1.82, 2.24) is 25.3 Å². The Kier molecular flexibility index (Phi) is 6.01. The molecule has 10 heteroatoms. The molecule has 0 fully saturated rings. The van der Waals surface area contributed by atoms with Crippen LogP contribution in [0.3, 0.4) is 0 Å². The van der Waals surface area contributed by atoms with E-state index in [9.17, 15) is 14.0 Å². The van der Waals surface area contributed by atoms with Gasteiger partial charge in [0.25, 0.3) is 11.5 Å². The number of hydrogen-bond acceptors (Lipinski definition) is 5. The van der Waals surface area contributed by atoms with E-state index in [1.807, 2.05) is 34.7 Å². The molecule has 1 amide bonds. The van der Waals surface area contributed by atoms with E-state index in [2.05, 4.69) is 20.6 Å². The fraction of sp³-hybridized carbons (Fsp3) is 0.364. The first-order chi connectivity index (χ1) is 15.3. The van der Waals surface area contributed by atoms with Crippen molar-refractivity contribution in [2.24, 2.45) is 0 Å². The Morgan fingerprint density at radius 3 is 2.69 bits per heavy atom. The number of aromatic nitrogens is 4. The van der Waals surface area contributed by atoms with Crippen molar-refractivity contribution in [2.75, 3.05) is 18.5 Å². The monoisotopic (exact) mass is 458 g/mol. The molecule has 1 aromatic carbocycles. The first-order valence-electron chi connectivity index (χ1n) is 10.4. The highest BCUT2D eigenvalue weighted by Gasteiger charge is 2.31. The van der Waals surface area contributed by atoms with Gasteiger partial charge in [-0.25, -0.2) is 9.49 Å². The molecule has 2 aromatic heterocycles. The second-order valence-electron chi connectivity index (χ2n) is 7.79. The van der Waals surface area contributed by atoms with Crippen LogP contribution in [0.5, 0.6) is 0 Å². The van der Waals surface area contributed by atoms with Gasteiger partial charge < -0.3 is 10.2 Å². The molecule has 0 saturated carbocycles. The number of hydrogen-bond donors (Lipinski definition) is 2. The largest absolute Gasteiger partial charge is 0.364 e. The lowest BCUT2D eigenvalue weighted by Gasteiger charge is -2.30. The van der Waals surface area contributed by atoms with Crippen molar-refractivity contribution in [3.05, 3.63) is 73.9 Å². The molecule has 4 rings (SSSR count). The van der Waals surface area contributed by atoms with Crippen molar-refractivity contribution in [1.29, 1.82) is 0 Å². The maximum atomic E-state index is 14.3. The zero-order chi connectivity index (χ0) is 23.0. The number of fused-ring (bicyclic) bond motifs is 1. The van der Waals surface area contributed by atoms with E-state index in [4.69, 9.17) is 11.6 Å². The van der Waals surface area contributed by atoms with Gasteiger partial charge in [0.1, 0.15) is 11.2 Å². The maximum absolute atomic E-state index is 14.3. The van der Waals surface area contributed by atoms with E-state index in [0.717, 1.165) is 16.8 Å². The van der Waals surface area contributed by atoms with Gasteiger partial charge in [-0.05, 0) is 25.0 Å². The van der Waals surface area contributed by atoms with Gasteiger partial charge in [0, 0.05) is 37.8 Å². The molecule has 0 aliphatic carbocycles. The molecule has 1 aliphatic heterocycles. The van der Waals surface area contributed by atoms with Crippen LogP contribution in [0.15, 0.2) is 35.3 Å². The highest BCUT2D eigenvalue weighted by Crippen LogP contribution is 2.34. The highest BCUT2D eigenvalue weighted by atomic mass is 35.5. The van der Waals surface area contributed by atoms with Gasteiger partial charge in [0.2, 0.25) is 0 Å². The first kappa shape index (κ1) is 22.0. The molecular weight excluding hydrogens is 435 g/mol. The van der Waals surface area contributed by atoms with E-state index < -0.39 is 11.7 Å². The Bertz CT molecular complexity index is 1220. The molecule has 0 saturated heterocycles. The van der Waals surface area contributed by atoms with Crippen LogP contribution in [0.25, 0.3) is 0 Å². The van der Waals surface area contributed by atoms with Gasteiger partial charge in [0.15, 0.2) is 5.69 Å². The Hall–Kier alpha value is -3.20. The first-order valence-corrected chi connectivity index (χ1v) is 10.7. The number of nitrogens with one attached hydrogen (secondary N) is 2. The second kappa shape index (κ2) is 8.74. The maximum Gasteiger partial charge on any atom is 0.285 e. The fourth-order valence-electron chi connectivity index (χ4n) is 4.25. The van der Waals surface area contributed by atoms with Crippen LogP contribution in [-0.2, 0) is 13.0 Å². The third-order valence-electron chi connectivity index (χ3n) is 5.89. The number of halogens is 2. The standard InChI is InChI=1S/C22H24ClFN6O2/c1-12(24)14-6-4-5-7-15(14)13(2)30-17-8-9-29(18-10-26-27-21(31)19(18)23)11-16(17)20(28-30)22(32)25-3/h4-7,10,12-13H,8-9,11H2,1-3H3,(H,25,32)(H,27,31)/t12?,13-/m1/s1. The summed E-state index contributed by atoms with van der Waals surface area (Å²) in [5.74, 6) is -0.309. The van der Waals surface area contributed by atoms with Crippen LogP contribution in [0.2, 0.25) is 5.02 Å². The van der Waals surface area contributed by atoms with Crippen LogP contribution < -0.4 is 15.8 Å². The molecule has 1 aliphatic rings. The Morgan fingerprint density at radius 2 is 2.00 bits per heavy atom. The van der Waals surface area contributed by atoms with Crippen LogP contribution in [0, 0.1) is 0 Å². The molecule has 3 aromatic rings. The van der Waals surface area contributed by atoms with Gasteiger partial charge in [-0.2, -0.15) is 10.2 Å². The van der Waals surface area contributed by atoms with Gasteiger partial charge in [-0.15, -0.1) is 0 Å². The lowest BCUT2D eigenvalue weighted by Crippen LogP contribution is -2.33. The summed E-state index contributed by atoms with van der Waals surface area (Å²) in [6.07, 6.45) is 0.945. The number of rotatable bonds is 5. The number of H-pyrrole nitrogens is 1. The topological polar surface area (TPSA) is 95.9 Å². The highest BCUT2D eigenvalue weighted by molar-refractivity contribution is 6.33. The SMILES string of the molecule is CNC(=O)c1nn([C@H](C)c2ccccc2C(C)F)c2c1CN(c1cn[nH]c(=O)c1Cl)CC2. The number of aromatic amines is 1. The number of carbonyl (C=O) groups is 1. The molecule has 0 spiro atoms. The normalized spacial score (nSPS) is 15.2. The summed E-state index contributed by atoms with van der Waals surface area (Å²) in [4.78, 5) is 26.4. The molecule has 2 N–H and O–H groups in total. The van der Waals surface area contributed by atoms with E-state index in [0.29, 0.717) is 36.5 Å². The summed E-state index contributed by atoms with van der Waals surface area (Å²) in [6, 6.07) is 7.08. The lowest BCUT2D eigenvalue weighted by molar-refractivity contribution is 0.0956. The van der Waals surface area contributed by atoms with Gasteiger partial charge >= 0.3 is 0 Å². The van der Waals surface area contributed by atoms with Crippen LogP contribution >= 0.6 is 11.6 Å². The van der Waals surface area contributed by atoms with Crippen molar-refractivity contribution < 1.29 is 9.18 Å². The molecule has 0 radical (unpaired) electrons.